The molecule has 0 saturated carbocycles. The van der Waals surface area contributed by atoms with E-state index < -0.39 is 29.7 Å². The molecule has 3 aromatic rings. The molecule has 1 aromatic carbocycles. The summed E-state index contributed by atoms with van der Waals surface area (Å²) in [7, 11) is 0. The van der Waals surface area contributed by atoms with Crippen LogP contribution in [0.25, 0.3) is 6.08 Å². The Balaban J connectivity index is 0.667. The second-order valence-corrected chi connectivity index (χ2v) is 19.2. The number of anilines is 1. The number of carbonyl (C=O) groups is 7. The second-order valence-electron chi connectivity index (χ2n) is 18.0. The van der Waals surface area contributed by atoms with Crippen LogP contribution in [-0.2, 0) is 23.9 Å². The summed E-state index contributed by atoms with van der Waals surface area (Å²) in [6.45, 7) is 7.56. The van der Waals surface area contributed by atoms with Crippen LogP contribution in [0.5, 0.6) is 0 Å². The number of pyridine rings is 2. The minimum atomic E-state index is -1.01. The normalized spacial score (nSPS) is 19.7. The molecule has 2 N–H and O–H groups in total. The number of fused-ring (bicyclic) bond motifs is 1. The number of ether oxygens (including phenoxy) is 1. The van der Waals surface area contributed by atoms with Crippen LogP contribution < -0.4 is 15.5 Å². The van der Waals surface area contributed by atoms with Gasteiger partial charge in [-0.3, -0.25) is 53.7 Å². The van der Waals surface area contributed by atoms with Crippen LogP contribution in [0, 0.1) is 5.92 Å². The van der Waals surface area contributed by atoms with Gasteiger partial charge < -0.3 is 24.8 Å². The van der Waals surface area contributed by atoms with Gasteiger partial charge in [0, 0.05) is 107 Å². The van der Waals surface area contributed by atoms with Gasteiger partial charge in [-0.15, -0.1) is 11.8 Å². The zero-order valence-corrected chi connectivity index (χ0v) is 39.3. The van der Waals surface area contributed by atoms with E-state index in [1.165, 1.54) is 11.8 Å². The maximum Gasteiger partial charge on any atom is 0.263 e. The lowest BCUT2D eigenvalue weighted by molar-refractivity contribution is -0.136. The molecule has 4 saturated heterocycles. The minimum absolute atomic E-state index is 0.0398. The highest BCUT2D eigenvalue weighted by atomic mass is 32.2. The highest BCUT2D eigenvalue weighted by Gasteiger charge is 2.45. The summed E-state index contributed by atoms with van der Waals surface area (Å²) in [5, 5.41) is 5.17. The Labute approximate surface area is 401 Å². The summed E-state index contributed by atoms with van der Waals surface area (Å²) < 4.78 is 5.81. The summed E-state index contributed by atoms with van der Waals surface area (Å²) in [6.07, 6.45) is 16.0. The van der Waals surface area contributed by atoms with Gasteiger partial charge in [-0.25, -0.2) is 4.98 Å². The fraction of sp³-hybridized carbons (Fsp3) is 0.500. The van der Waals surface area contributed by atoms with Crippen LogP contribution in [0.1, 0.15) is 101 Å². The molecular weight excluding hydrogens is 887 g/mol. The number of nitrogens with one attached hydrogen (secondary N) is 2. The van der Waals surface area contributed by atoms with Crippen molar-refractivity contribution in [3.8, 4) is 0 Å². The van der Waals surface area contributed by atoms with Crippen molar-refractivity contribution in [1.82, 2.24) is 40.2 Å². The third-order valence-corrected chi connectivity index (χ3v) is 14.7. The maximum atomic E-state index is 13.4. The standard InChI is InChI=1S/C50H61N9O8S/c60-43(13-9-36-6-4-20-51-33-36)52-21-2-1-5-35-15-22-58(23-16-35)48(64)37-10-12-42(53-34-37)56-24-17-38(18-25-56)55-26-28-57(29-27-55)45(62)19-30-67-31-32-68-41-8-3-7-39-46(41)50(66)59(49(39)65)40-11-14-44(61)54-47(40)63/h3-4,6-10,12-13,20,33-35,38,40H,1-2,5,11,14-19,21-32H2,(H,52,60)(H,54,61,63)/b13-9+. The van der Waals surface area contributed by atoms with Crippen LogP contribution in [0.15, 0.2) is 72.0 Å². The number of thioether (sulfide) groups is 1. The van der Waals surface area contributed by atoms with Crippen LogP contribution in [0.4, 0.5) is 5.82 Å². The number of likely N-dealkylation sites (tertiary alicyclic amines) is 1. The summed E-state index contributed by atoms with van der Waals surface area (Å²) in [5.41, 5.74) is 2.03. The average molecular weight is 948 g/mol. The maximum absolute atomic E-state index is 13.4. The predicted molar refractivity (Wildman–Crippen MR) is 256 cm³/mol. The highest BCUT2D eigenvalue weighted by molar-refractivity contribution is 7.99. The van der Waals surface area contributed by atoms with Gasteiger partial charge in [-0.1, -0.05) is 25.0 Å². The van der Waals surface area contributed by atoms with Crippen LogP contribution in [0.2, 0.25) is 0 Å². The number of rotatable bonds is 18. The van der Waals surface area contributed by atoms with E-state index in [4.69, 9.17) is 9.72 Å². The van der Waals surface area contributed by atoms with E-state index in [0.717, 1.165) is 100 Å². The fourth-order valence-corrected chi connectivity index (χ4v) is 10.8. The number of piperazine rings is 1. The number of benzene rings is 1. The van der Waals surface area contributed by atoms with E-state index in [9.17, 15) is 33.6 Å². The molecular formula is C50H61N9O8S. The van der Waals surface area contributed by atoms with Crippen LogP contribution in [-0.4, -0.2) is 161 Å². The van der Waals surface area contributed by atoms with Crippen LogP contribution >= 0.6 is 11.8 Å². The first kappa shape index (κ1) is 48.5. The molecule has 1 unspecified atom stereocenters. The fourth-order valence-electron chi connectivity index (χ4n) is 9.81. The quantitative estimate of drug-likeness (QED) is 0.0804. The molecule has 360 valence electrons. The summed E-state index contributed by atoms with van der Waals surface area (Å²) in [6, 6.07) is 12.1. The van der Waals surface area contributed by atoms with E-state index in [-0.39, 0.29) is 54.7 Å². The number of aromatic nitrogens is 2. The number of nitrogens with zero attached hydrogens (tertiary/aromatic N) is 7. The molecule has 18 heteroatoms. The lowest BCUT2D eigenvalue weighted by Gasteiger charge is -2.43. The van der Waals surface area contributed by atoms with E-state index in [1.807, 2.05) is 34.1 Å². The van der Waals surface area contributed by atoms with Crippen LogP contribution in [0.3, 0.4) is 0 Å². The smallest absolute Gasteiger partial charge is 0.263 e. The predicted octanol–water partition coefficient (Wildman–Crippen LogP) is 4.04. The summed E-state index contributed by atoms with van der Waals surface area (Å²) in [4.78, 5) is 108. The Morgan fingerprint density at radius 3 is 2.37 bits per heavy atom. The zero-order chi connectivity index (χ0) is 47.4. The minimum Gasteiger partial charge on any atom is -0.380 e. The molecule has 0 bridgehead atoms. The SMILES string of the molecule is O=C(/C=C/c1cccnc1)NCCCCC1CCN(C(=O)c2ccc(N3CCC(N4CCN(C(=O)CCOCCSc5cccc6c5C(=O)N(C5CCC(=O)NC5=O)C6=O)CC4)CC3)nc2)CC1. The Kier molecular flexibility index (Phi) is 16.6. The summed E-state index contributed by atoms with van der Waals surface area (Å²) in [5.74, 6) is -0.126. The van der Waals surface area contributed by atoms with Gasteiger partial charge in [0.2, 0.25) is 23.6 Å². The Morgan fingerprint density at radius 1 is 0.824 bits per heavy atom. The van der Waals surface area contributed by atoms with Gasteiger partial charge in [0.1, 0.15) is 11.9 Å². The van der Waals surface area contributed by atoms with E-state index in [0.29, 0.717) is 54.4 Å². The van der Waals surface area contributed by atoms with Crippen molar-refractivity contribution in [2.24, 2.45) is 5.92 Å². The average Bonchev–Trinajstić information content (AvgIpc) is 3.63. The van der Waals surface area contributed by atoms with Crippen molar-refractivity contribution in [1.29, 1.82) is 0 Å². The van der Waals surface area contributed by atoms with E-state index in [2.05, 4.69) is 25.4 Å². The number of piperidine rings is 3. The largest absolute Gasteiger partial charge is 0.380 e. The second kappa shape index (κ2) is 23.4. The number of carbonyl (C=O) groups excluding carboxylic acids is 7. The third kappa shape index (κ3) is 12.2. The molecule has 5 aliphatic heterocycles. The molecule has 2 aromatic heterocycles. The van der Waals surface area contributed by atoms with Gasteiger partial charge in [0.05, 0.1) is 36.3 Å². The van der Waals surface area contributed by atoms with Gasteiger partial charge in [0.15, 0.2) is 0 Å². The van der Waals surface area contributed by atoms with Crippen molar-refractivity contribution >= 4 is 65.0 Å². The molecule has 0 aliphatic carbocycles. The number of hydrogen-bond donors (Lipinski definition) is 2. The molecule has 0 spiro atoms. The molecule has 8 rings (SSSR count). The first-order valence-corrected chi connectivity index (χ1v) is 25.0. The van der Waals surface area contributed by atoms with Crippen molar-refractivity contribution in [3.63, 3.8) is 0 Å². The lowest BCUT2D eigenvalue weighted by Crippen LogP contribution is -2.54. The molecule has 0 radical (unpaired) electrons. The van der Waals surface area contributed by atoms with Gasteiger partial charge >= 0.3 is 0 Å². The first-order valence-electron chi connectivity index (χ1n) is 24.1. The first-order chi connectivity index (χ1) is 33.1. The van der Waals surface area contributed by atoms with Gasteiger partial charge in [0.25, 0.3) is 17.7 Å². The molecule has 1 atom stereocenters. The topological polar surface area (TPSA) is 195 Å². The molecule has 5 aliphatic rings. The third-order valence-electron chi connectivity index (χ3n) is 13.7. The Morgan fingerprint density at radius 2 is 1.63 bits per heavy atom. The van der Waals surface area contributed by atoms with Gasteiger partial charge in [-0.2, -0.15) is 0 Å². The molecule has 17 nitrogen and oxygen atoms in total. The number of unbranched alkanes of at least 4 members (excludes halogenated alkanes) is 1. The van der Waals surface area contributed by atoms with E-state index in [1.54, 1.807) is 48.9 Å². The molecule has 68 heavy (non-hydrogen) atoms. The molecule has 7 heterocycles. The Hall–Kier alpha value is -5.98. The zero-order valence-electron chi connectivity index (χ0n) is 38.5. The van der Waals surface area contributed by atoms with Crippen molar-refractivity contribution < 1.29 is 38.3 Å². The van der Waals surface area contributed by atoms with Crippen molar-refractivity contribution in [2.75, 3.05) is 82.8 Å². The Bertz CT molecular complexity index is 2330. The van der Waals surface area contributed by atoms with Gasteiger partial charge in [-0.05, 0) is 86.4 Å². The monoisotopic (exact) mass is 947 g/mol. The number of hydrogen-bond acceptors (Lipinski definition) is 13. The number of amides is 7. The summed E-state index contributed by atoms with van der Waals surface area (Å²) >= 11 is 1.38. The van der Waals surface area contributed by atoms with Crippen molar-refractivity contribution in [3.05, 3.63) is 89.4 Å². The van der Waals surface area contributed by atoms with E-state index >= 15 is 0 Å². The molecule has 4 fully saturated rings. The molecule has 7 amide bonds. The number of imide groups is 2. The lowest BCUT2D eigenvalue weighted by atomic mass is 9.91. The van der Waals surface area contributed by atoms with Crippen molar-refractivity contribution in [2.45, 2.75) is 81.2 Å². The highest BCUT2D eigenvalue weighted by Crippen LogP contribution is 2.34.